The average molecular weight is 888 g/mol. The Morgan fingerprint density at radius 3 is 1.89 bits per heavy atom. The topological polar surface area (TPSA) is 247 Å². The molecule has 1 saturated heterocycles. The molecule has 18 nitrogen and oxygen atoms in total. The molecule has 2 aromatic carbocycles. The van der Waals surface area contributed by atoms with Crippen LogP contribution in [-0.2, 0) is 57.1 Å². The molecule has 0 unspecified atom stereocenters. The normalized spacial score (nSPS) is 35.3. The van der Waals surface area contributed by atoms with Gasteiger partial charge in [-0.15, -0.1) is 0 Å². The van der Waals surface area contributed by atoms with Crippen LogP contribution < -0.4 is 0 Å². The lowest BCUT2D eigenvalue weighted by Gasteiger charge is -2.67. The molecule has 2 saturated carbocycles. The van der Waals surface area contributed by atoms with E-state index in [1.807, 2.05) is 0 Å². The molecule has 13 atom stereocenters. The molecular weight excluding hydrogens is 838 g/mol. The fourth-order valence-electron chi connectivity index (χ4n) is 10.1. The van der Waals surface area contributed by atoms with Crippen molar-refractivity contribution < 1.29 is 81.7 Å². The zero-order valence-electron chi connectivity index (χ0n) is 36.1. The monoisotopic (exact) mass is 887 g/mol. The van der Waals surface area contributed by atoms with Gasteiger partial charge in [0.05, 0.1) is 34.2 Å². The van der Waals surface area contributed by atoms with Crippen LogP contribution >= 0.6 is 0 Å². The lowest BCUT2D eigenvalue weighted by Crippen LogP contribution is -2.89. The highest BCUT2D eigenvalue weighted by molar-refractivity contribution is 5.92. The Bertz CT molecular complexity index is 2340. The van der Waals surface area contributed by atoms with Crippen LogP contribution in [0.5, 0.6) is 0 Å². The molecule has 3 heterocycles. The molecule has 2 N–H and O–H groups in total. The van der Waals surface area contributed by atoms with Crippen LogP contribution in [0.3, 0.4) is 0 Å². The summed E-state index contributed by atoms with van der Waals surface area (Å²) in [5.41, 5.74) is -10.5. The molecule has 1 spiro atoms. The summed E-state index contributed by atoms with van der Waals surface area (Å²) in [7, 11) is 0. The summed E-state index contributed by atoms with van der Waals surface area (Å²) in [6.45, 7) is 6.76. The number of esters is 7. The Morgan fingerprint density at radius 1 is 0.750 bits per heavy atom. The summed E-state index contributed by atoms with van der Waals surface area (Å²) < 4.78 is 49.9. The predicted octanol–water partition coefficient (Wildman–Crippen LogP) is 3.05. The number of carbonyl (C=O) groups excluding carboxylic acids is 7. The van der Waals surface area contributed by atoms with Gasteiger partial charge in [0, 0.05) is 32.9 Å². The molecule has 18 heteroatoms. The summed E-state index contributed by atoms with van der Waals surface area (Å²) in [4.78, 5) is 102. The first-order chi connectivity index (χ1) is 30.2. The van der Waals surface area contributed by atoms with Gasteiger partial charge in [0.15, 0.2) is 17.8 Å². The Kier molecular flexibility index (Phi) is 12.2. The molecule has 7 rings (SSSR count). The van der Waals surface area contributed by atoms with Crippen molar-refractivity contribution in [3.8, 4) is 0 Å². The minimum atomic E-state index is -2.87. The van der Waals surface area contributed by atoms with Gasteiger partial charge >= 0.3 is 41.8 Å². The zero-order valence-corrected chi connectivity index (χ0v) is 36.1. The van der Waals surface area contributed by atoms with E-state index in [1.54, 1.807) is 31.2 Å². The third-order valence-corrected chi connectivity index (χ3v) is 13.1. The highest BCUT2D eigenvalue weighted by Gasteiger charge is 2.91. The maximum absolute atomic E-state index is 14.5. The van der Waals surface area contributed by atoms with Crippen molar-refractivity contribution in [1.82, 2.24) is 4.98 Å². The molecule has 3 aromatic rings. The van der Waals surface area contributed by atoms with Crippen LogP contribution in [0.4, 0.5) is 0 Å². The lowest BCUT2D eigenvalue weighted by atomic mass is 9.45. The Labute approximate surface area is 367 Å². The molecule has 4 bridgehead atoms. The Hall–Kier alpha value is -6.24. The third kappa shape index (κ3) is 7.36. The molecule has 1 aromatic heterocycles. The van der Waals surface area contributed by atoms with Crippen molar-refractivity contribution in [3.05, 3.63) is 101 Å². The smallest absolute Gasteiger partial charge is 0.340 e. The van der Waals surface area contributed by atoms with Gasteiger partial charge in [0.25, 0.3) is 0 Å². The number of benzene rings is 2. The number of carbonyl (C=O) groups is 7. The zero-order chi connectivity index (χ0) is 46.5. The number of hydrogen-bond acceptors (Lipinski definition) is 18. The van der Waals surface area contributed by atoms with Gasteiger partial charge in [-0.05, 0) is 50.2 Å². The minimum absolute atomic E-state index is 0.0218. The standard InChI is InChI=1S/C46H49NO17/c1-23-24(2)39(52)62-36-33(51)37(63-41(54)29-17-12-9-13-18-29)45(22-57-25(3)48)38(60-27(5)50)34(59-26(4)49)31-35(61-40(53)28-15-10-8-11-16-28)46(45,44(36,7)56)64-43(31,6)21-58-42(55)30-19-14-20-47-32(23)30/h8-20,23-24,31,33-38,51,56H,21-22H2,1-7H3/t23-,24-,31+,33+,34-,35-,36-,37-,38+,43-,44+,45-,46-/m0/s1. The van der Waals surface area contributed by atoms with Crippen molar-refractivity contribution in [2.75, 3.05) is 13.2 Å². The van der Waals surface area contributed by atoms with Crippen molar-refractivity contribution in [2.45, 2.75) is 108 Å². The molecule has 0 radical (unpaired) electrons. The van der Waals surface area contributed by atoms with Gasteiger partial charge in [-0.1, -0.05) is 50.2 Å². The molecule has 0 amide bonds. The molecule has 3 fully saturated rings. The van der Waals surface area contributed by atoms with Crippen LogP contribution in [0.25, 0.3) is 0 Å². The highest BCUT2D eigenvalue weighted by Crippen LogP contribution is 2.70. The quantitative estimate of drug-likeness (QED) is 0.244. The van der Waals surface area contributed by atoms with Crippen LogP contribution in [0, 0.1) is 17.3 Å². The molecule has 2 aliphatic heterocycles. The number of pyridine rings is 1. The van der Waals surface area contributed by atoms with E-state index in [-0.39, 0.29) is 22.4 Å². The minimum Gasteiger partial charge on any atom is -0.465 e. The lowest BCUT2D eigenvalue weighted by molar-refractivity contribution is -0.384. The van der Waals surface area contributed by atoms with Gasteiger partial charge in [0.2, 0.25) is 0 Å². The fourth-order valence-corrected chi connectivity index (χ4v) is 10.1. The van der Waals surface area contributed by atoms with Crippen molar-refractivity contribution in [1.29, 1.82) is 0 Å². The number of aliphatic hydroxyl groups is 2. The first-order valence-electron chi connectivity index (χ1n) is 20.6. The van der Waals surface area contributed by atoms with E-state index in [2.05, 4.69) is 4.98 Å². The number of aromatic nitrogens is 1. The van der Waals surface area contributed by atoms with Gasteiger partial charge in [-0.25, -0.2) is 14.4 Å². The van der Waals surface area contributed by atoms with E-state index in [4.69, 9.17) is 37.9 Å². The van der Waals surface area contributed by atoms with Gasteiger partial charge in [-0.2, -0.15) is 0 Å². The molecule has 4 aliphatic rings. The summed E-state index contributed by atoms with van der Waals surface area (Å²) in [6.07, 6.45) is -11.2. The Morgan fingerprint density at radius 2 is 1.33 bits per heavy atom. The molecule has 2 aliphatic carbocycles. The average Bonchev–Trinajstić information content (AvgIpc) is 3.49. The van der Waals surface area contributed by atoms with E-state index in [1.165, 1.54) is 68.6 Å². The van der Waals surface area contributed by atoms with Crippen LogP contribution in [0.2, 0.25) is 0 Å². The van der Waals surface area contributed by atoms with Crippen LogP contribution in [0.15, 0.2) is 79.0 Å². The fraction of sp³-hybridized carbons (Fsp3) is 0.478. The van der Waals surface area contributed by atoms with E-state index in [0.29, 0.717) is 0 Å². The predicted molar refractivity (Wildman–Crippen MR) is 216 cm³/mol. The van der Waals surface area contributed by atoms with E-state index in [9.17, 15) is 43.8 Å². The van der Waals surface area contributed by atoms with Crippen LogP contribution in [0.1, 0.15) is 91.2 Å². The first-order valence-corrected chi connectivity index (χ1v) is 20.6. The molecular formula is C46H49NO17. The summed E-state index contributed by atoms with van der Waals surface area (Å²) in [5.74, 6) is -10.8. The largest absolute Gasteiger partial charge is 0.465 e. The maximum atomic E-state index is 14.5. The SMILES string of the molecule is CC(=O)OC[C@]12[C@H](OC(C)=O)[C@@H](OC(C)=O)[C@@H]3[C@H](OC(=O)c4ccccc4)[C@@]14O[C@@]3(C)COC(=O)c1cccnc1[C@@H](C)[C@H](C)C(=O)O[C@@H]([C@@H](O)[C@@H]2OC(=O)c1ccccc1)[C@@]4(C)O. The summed E-state index contributed by atoms with van der Waals surface area (Å²) in [6, 6.07) is 17.9. The van der Waals surface area contributed by atoms with E-state index < -0.39 is 132 Å². The summed E-state index contributed by atoms with van der Waals surface area (Å²) >= 11 is 0. The number of ether oxygens (including phenoxy) is 8. The number of fused-ring (bicyclic) bond motifs is 5. The summed E-state index contributed by atoms with van der Waals surface area (Å²) in [5, 5.41) is 26.4. The van der Waals surface area contributed by atoms with Crippen molar-refractivity contribution in [3.63, 3.8) is 0 Å². The van der Waals surface area contributed by atoms with E-state index in [0.717, 1.165) is 27.7 Å². The number of rotatable bonds is 8. The Balaban J connectivity index is 1.61. The maximum Gasteiger partial charge on any atom is 0.340 e. The second kappa shape index (κ2) is 17.0. The van der Waals surface area contributed by atoms with Crippen LogP contribution in [-0.4, -0.2) is 124 Å². The van der Waals surface area contributed by atoms with Gasteiger partial charge < -0.3 is 48.1 Å². The van der Waals surface area contributed by atoms with Gasteiger partial charge in [-0.3, -0.25) is 24.2 Å². The van der Waals surface area contributed by atoms with Crippen molar-refractivity contribution >= 4 is 41.8 Å². The third-order valence-electron chi connectivity index (χ3n) is 13.1. The molecule has 64 heavy (non-hydrogen) atoms. The number of nitrogens with zero attached hydrogens (tertiary/aromatic N) is 1. The first kappa shape index (κ1) is 45.8. The van der Waals surface area contributed by atoms with Gasteiger partial charge in [0.1, 0.15) is 54.2 Å². The second-order valence-electron chi connectivity index (χ2n) is 17.1. The number of aliphatic hydroxyl groups excluding tert-OH is 1. The number of hydrogen-bond donors (Lipinski definition) is 2. The number of cyclic esters (lactones) is 1. The highest BCUT2D eigenvalue weighted by atomic mass is 16.7. The van der Waals surface area contributed by atoms with Crippen molar-refractivity contribution in [2.24, 2.45) is 17.3 Å². The van der Waals surface area contributed by atoms with E-state index >= 15 is 0 Å². The second-order valence-corrected chi connectivity index (χ2v) is 17.1. The molecule has 340 valence electrons.